The number of nitrogens with one attached hydrogen (secondary N) is 1. The van der Waals surface area contributed by atoms with Gasteiger partial charge in [-0.1, -0.05) is 11.6 Å². The second-order valence-electron chi connectivity index (χ2n) is 6.79. The number of phenolic OH excluding ortho intramolecular Hbond substituents is 1. The van der Waals surface area contributed by atoms with E-state index in [4.69, 9.17) is 16.3 Å². The van der Waals surface area contributed by atoms with Crippen LogP contribution in [0.25, 0.3) is 11.3 Å². The van der Waals surface area contributed by atoms with E-state index in [-0.39, 0.29) is 5.75 Å². The van der Waals surface area contributed by atoms with Crippen LogP contribution in [-0.4, -0.2) is 47.8 Å². The van der Waals surface area contributed by atoms with Gasteiger partial charge in [-0.15, -0.1) is 0 Å². The van der Waals surface area contributed by atoms with Crippen molar-refractivity contribution in [2.45, 2.75) is 13.0 Å². The fraction of sp³-hybridized carbons (Fsp3) is 0.421. The van der Waals surface area contributed by atoms with Gasteiger partial charge in [-0.25, -0.2) is 0 Å². The topological polar surface area (TPSA) is 57.6 Å². The first-order valence-electron chi connectivity index (χ1n) is 8.73. The molecule has 2 aromatic rings. The molecular formula is C19H22ClN3O2. The molecule has 0 unspecified atom stereocenters. The van der Waals surface area contributed by atoms with Crippen LogP contribution in [0.15, 0.2) is 30.5 Å². The van der Waals surface area contributed by atoms with Gasteiger partial charge in [0.1, 0.15) is 6.61 Å². The third kappa shape index (κ3) is 3.73. The molecule has 1 aromatic carbocycles. The van der Waals surface area contributed by atoms with Crippen molar-refractivity contribution in [1.29, 1.82) is 0 Å². The minimum absolute atomic E-state index is 0.175. The lowest BCUT2D eigenvalue weighted by atomic mass is 10.0. The van der Waals surface area contributed by atoms with E-state index in [0.717, 1.165) is 49.5 Å². The fourth-order valence-corrected chi connectivity index (χ4v) is 3.75. The zero-order valence-electron chi connectivity index (χ0n) is 14.0. The number of hydrogen-bond donors (Lipinski definition) is 2. The molecule has 3 heterocycles. The molecule has 4 rings (SSSR count). The van der Waals surface area contributed by atoms with Crippen LogP contribution in [0.2, 0.25) is 5.02 Å². The first-order valence-corrected chi connectivity index (χ1v) is 9.10. The second-order valence-corrected chi connectivity index (χ2v) is 7.22. The Morgan fingerprint density at radius 1 is 1.36 bits per heavy atom. The van der Waals surface area contributed by atoms with Crippen molar-refractivity contribution < 1.29 is 9.84 Å². The van der Waals surface area contributed by atoms with Gasteiger partial charge in [-0.2, -0.15) is 0 Å². The summed E-state index contributed by atoms with van der Waals surface area (Å²) in [6.07, 6.45) is 2.85. The summed E-state index contributed by atoms with van der Waals surface area (Å²) in [7, 11) is 0. The third-order valence-electron chi connectivity index (χ3n) is 4.90. The molecule has 0 spiro atoms. The number of pyridine rings is 1. The molecule has 2 N–H and O–H groups in total. The molecule has 6 heteroatoms. The van der Waals surface area contributed by atoms with Crippen molar-refractivity contribution >= 4 is 11.6 Å². The maximum Gasteiger partial charge on any atom is 0.165 e. The lowest BCUT2D eigenvalue weighted by molar-refractivity contribution is 0.201. The minimum atomic E-state index is 0.175. The molecule has 0 amide bonds. The molecule has 1 aromatic heterocycles. The molecule has 1 fully saturated rings. The number of halogens is 1. The summed E-state index contributed by atoms with van der Waals surface area (Å²) >= 11 is 5.92. The largest absolute Gasteiger partial charge is 0.504 e. The summed E-state index contributed by atoms with van der Waals surface area (Å²) in [5.41, 5.74) is 2.68. The van der Waals surface area contributed by atoms with Crippen molar-refractivity contribution in [1.82, 2.24) is 15.2 Å². The smallest absolute Gasteiger partial charge is 0.165 e. The Bertz CT molecular complexity index is 745. The molecule has 0 bridgehead atoms. The highest BCUT2D eigenvalue weighted by molar-refractivity contribution is 6.30. The van der Waals surface area contributed by atoms with Crippen molar-refractivity contribution in [2.75, 3.05) is 32.8 Å². The first kappa shape index (κ1) is 16.6. The summed E-state index contributed by atoms with van der Waals surface area (Å²) in [4.78, 5) is 6.78. The lowest BCUT2D eigenvalue weighted by Crippen LogP contribution is -2.32. The Morgan fingerprint density at radius 2 is 2.28 bits per heavy atom. The molecular weight excluding hydrogens is 338 g/mol. The number of aromatic hydroxyl groups is 1. The van der Waals surface area contributed by atoms with Gasteiger partial charge in [0, 0.05) is 37.0 Å². The highest BCUT2D eigenvalue weighted by Gasteiger charge is 2.23. The van der Waals surface area contributed by atoms with E-state index in [1.54, 1.807) is 12.3 Å². The van der Waals surface area contributed by atoms with E-state index in [2.05, 4.69) is 21.3 Å². The fourth-order valence-electron chi connectivity index (χ4n) is 3.64. The standard InChI is InChI=1S/C19H22ClN3O2/c20-16-1-2-17(22-10-16)14-7-15-12-23(11-13-3-4-21-9-13)5-6-25-19(15)18(24)8-14/h1-2,7-8,10,13,21,24H,3-6,9,11-12H2/t13-/m1/s1. The third-order valence-corrected chi connectivity index (χ3v) is 5.12. The number of fused-ring (bicyclic) bond motifs is 1. The molecule has 0 radical (unpaired) electrons. The predicted octanol–water partition coefficient (Wildman–Crippen LogP) is 2.91. The molecule has 1 saturated heterocycles. The molecule has 132 valence electrons. The summed E-state index contributed by atoms with van der Waals surface area (Å²) < 4.78 is 5.84. The van der Waals surface area contributed by atoms with Gasteiger partial charge in [0.15, 0.2) is 11.5 Å². The quantitative estimate of drug-likeness (QED) is 0.882. The molecule has 0 saturated carbocycles. The van der Waals surface area contributed by atoms with Gasteiger partial charge in [-0.05, 0) is 49.7 Å². The van der Waals surface area contributed by atoms with Gasteiger partial charge < -0.3 is 15.2 Å². The Morgan fingerprint density at radius 3 is 3.04 bits per heavy atom. The Labute approximate surface area is 152 Å². The van der Waals surface area contributed by atoms with Crippen molar-refractivity contribution in [2.24, 2.45) is 5.92 Å². The van der Waals surface area contributed by atoms with Crippen molar-refractivity contribution in [3.63, 3.8) is 0 Å². The lowest BCUT2D eigenvalue weighted by Gasteiger charge is -2.22. The molecule has 0 aliphatic carbocycles. The number of rotatable bonds is 3. The number of nitrogens with zero attached hydrogens (tertiary/aromatic N) is 2. The zero-order valence-corrected chi connectivity index (χ0v) is 14.8. The van der Waals surface area contributed by atoms with Crippen LogP contribution >= 0.6 is 11.6 Å². The highest BCUT2D eigenvalue weighted by atomic mass is 35.5. The summed E-state index contributed by atoms with van der Waals surface area (Å²) in [5.74, 6) is 1.47. The summed E-state index contributed by atoms with van der Waals surface area (Å²) in [5, 5.41) is 14.5. The van der Waals surface area contributed by atoms with E-state index in [0.29, 0.717) is 23.3 Å². The predicted molar refractivity (Wildman–Crippen MR) is 98.1 cm³/mol. The molecule has 25 heavy (non-hydrogen) atoms. The normalized spacial score (nSPS) is 20.8. The van der Waals surface area contributed by atoms with Crippen LogP contribution in [-0.2, 0) is 6.54 Å². The Balaban J connectivity index is 1.61. The van der Waals surface area contributed by atoms with Crippen molar-refractivity contribution in [3.8, 4) is 22.8 Å². The molecule has 2 aliphatic heterocycles. The van der Waals surface area contributed by atoms with Gasteiger partial charge in [0.2, 0.25) is 0 Å². The van der Waals surface area contributed by atoms with E-state index < -0.39 is 0 Å². The van der Waals surface area contributed by atoms with Crippen LogP contribution in [0.3, 0.4) is 0 Å². The van der Waals surface area contributed by atoms with Crippen molar-refractivity contribution in [3.05, 3.63) is 41.0 Å². The zero-order chi connectivity index (χ0) is 17.2. The average molecular weight is 360 g/mol. The maximum atomic E-state index is 10.4. The molecule has 2 aliphatic rings. The SMILES string of the molecule is Oc1cc(-c2ccc(Cl)cn2)cc2c1OCCN(C[C@@H]1CCNC1)C2. The number of benzene rings is 1. The summed E-state index contributed by atoms with van der Waals surface area (Å²) in [6.45, 7) is 5.50. The minimum Gasteiger partial charge on any atom is -0.504 e. The first-order chi connectivity index (χ1) is 12.2. The monoisotopic (exact) mass is 359 g/mol. The van der Waals surface area contributed by atoms with Crippen LogP contribution in [0.1, 0.15) is 12.0 Å². The van der Waals surface area contributed by atoms with E-state index in [1.807, 2.05) is 12.1 Å². The summed E-state index contributed by atoms with van der Waals surface area (Å²) in [6, 6.07) is 7.45. The van der Waals surface area contributed by atoms with E-state index >= 15 is 0 Å². The van der Waals surface area contributed by atoms with Crippen LogP contribution in [0, 0.1) is 5.92 Å². The number of phenols is 1. The van der Waals surface area contributed by atoms with E-state index in [9.17, 15) is 5.11 Å². The average Bonchev–Trinajstić information content (AvgIpc) is 3.01. The molecule has 1 atom stereocenters. The van der Waals surface area contributed by atoms with E-state index in [1.165, 1.54) is 6.42 Å². The highest BCUT2D eigenvalue weighted by Crippen LogP contribution is 2.37. The number of aromatic nitrogens is 1. The number of hydrogen-bond acceptors (Lipinski definition) is 5. The molecule has 5 nitrogen and oxygen atoms in total. The van der Waals surface area contributed by atoms with Crippen LogP contribution in [0.4, 0.5) is 0 Å². The van der Waals surface area contributed by atoms with Crippen LogP contribution in [0.5, 0.6) is 11.5 Å². The van der Waals surface area contributed by atoms with Gasteiger partial charge in [-0.3, -0.25) is 9.88 Å². The Hall–Kier alpha value is -1.82. The van der Waals surface area contributed by atoms with Gasteiger partial charge in [0.05, 0.1) is 10.7 Å². The Kier molecular flexibility index (Phi) is 4.79. The second kappa shape index (κ2) is 7.20. The van der Waals surface area contributed by atoms with Gasteiger partial charge in [0.25, 0.3) is 0 Å². The number of ether oxygens (including phenoxy) is 1. The van der Waals surface area contributed by atoms with Crippen LogP contribution < -0.4 is 10.1 Å². The van der Waals surface area contributed by atoms with Gasteiger partial charge >= 0.3 is 0 Å². The maximum absolute atomic E-state index is 10.4.